The molecule has 0 unspecified atom stereocenters. The van der Waals surface area contributed by atoms with Gasteiger partial charge in [0.2, 0.25) is 0 Å². The van der Waals surface area contributed by atoms with Gasteiger partial charge in [-0.1, -0.05) is 29.8 Å². The minimum absolute atomic E-state index is 0.250. The Bertz CT molecular complexity index is 806. The van der Waals surface area contributed by atoms with E-state index in [2.05, 4.69) is 0 Å². The molecule has 0 atom stereocenters. The van der Waals surface area contributed by atoms with E-state index in [9.17, 15) is 4.79 Å². The van der Waals surface area contributed by atoms with Gasteiger partial charge in [-0.25, -0.2) is 4.79 Å². The Morgan fingerprint density at radius 1 is 1.22 bits per heavy atom. The highest BCUT2D eigenvalue weighted by molar-refractivity contribution is 6.32. The first-order valence-electron chi connectivity index (χ1n) is 6.78. The number of hydrogen-bond donors (Lipinski definition) is 0. The van der Waals surface area contributed by atoms with Gasteiger partial charge in [0.05, 0.1) is 18.7 Å². The zero-order valence-corrected chi connectivity index (χ0v) is 13.4. The third-order valence-corrected chi connectivity index (χ3v) is 3.47. The normalized spacial score (nSPS) is 10.8. The molecule has 0 aromatic heterocycles. The van der Waals surface area contributed by atoms with E-state index >= 15 is 0 Å². The molecule has 0 fully saturated rings. The quantitative estimate of drug-likeness (QED) is 0.479. The number of methoxy groups -OCH3 is 1. The predicted octanol–water partition coefficient (Wildman–Crippen LogP) is 4.23. The van der Waals surface area contributed by atoms with Crippen LogP contribution in [0, 0.1) is 11.3 Å². The molecule has 0 heterocycles. The van der Waals surface area contributed by atoms with Crippen molar-refractivity contribution in [3.05, 3.63) is 64.7 Å². The van der Waals surface area contributed by atoms with Gasteiger partial charge in [-0.3, -0.25) is 0 Å². The molecule has 0 bridgehead atoms. The van der Waals surface area contributed by atoms with Crippen LogP contribution >= 0.6 is 11.6 Å². The van der Waals surface area contributed by atoms with Crippen molar-refractivity contribution in [1.29, 1.82) is 5.26 Å². The van der Waals surface area contributed by atoms with Crippen LogP contribution in [0.5, 0.6) is 11.5 Å². The summed E-state index contributed by atoms with van der Waals surface area (Å²) in [5.41, 5.74) is 1.87. The Kier molecular flexibility index (Phi) is 5.40. The van der Waals surface area contributed by atoms with Gasteiger partial charge in [0.15, 0.2) is 11.5 Å². The van der Waals surface area contributed by atoms with E-state index in [1.807, 2.05) is 24.3 Å². The Hall–Kier alpha value is -2.77. The molecule has 0 N–H and O–H groups in total. The highest BCUT2D eigenvalue weighted by Gasteiger charge is 2.11. The summed E-state index contributed by atoms with van der Waals surface area (Å²) in [7, 11) is 1.44. The van der Waals surface area contributed by atoms with Crippen molar-refractivity contribution in [2.45, 2.75) is 6.92 Å². The molecule has 2 aromatic rings. The monoisotopic (exact) mass is 327 g/mol. The molecule has 0 saturated heterocycles. The van der Waals surface area contributed by atoms with Crippen LogP contribution in [0.3, 0.4) is 0 Å². The zero-order chi connectivity index (χ0) is 16.8. The number of carbonyl (C=O) groups is 1. The molecule has 23 heavy (non-hydrogen) atoms. The predicted molar refractivity (Wildman–Crippen MR) is 88.4 cm³/mol. The second-order valence-corrected chi connectivity index (χ2v) is 5.11. The van der Waals surface area contributed by atoms with Crippen LogP contribution in [0.15, 0.2) is 48.5 Å². The van der Waals surface area contributed by atoms with Gasteiger partial charge in [-0.15, -0.1) is 0 Å². The fourth-order valence-corrected chi connectivity index (χ4v) is 2.28. The van der Waals surface area contributed by atoms with Gasteiger partial charge in [0.25, 0.3) is 0 Å². The lowest BCUT2D eigenvalue weighted by atomic mass is 10.1. The first kappa shape index (κ1) is 16.6. The van der Waals surface area contributed by atoms with E-state index in [1.54, 1.807) is 19.1 Å². The largest absolute Gasteiger partial charge is 0.493 e. The van der Waals surface area contributed by atoms with Crippen molar-refractivity contribution in [3.8, 4) is 17.6 Å². The maximum Gasteiger partial charge on any atom is 0.336 e. The van der Waals surface area contributed by atoms with E-state index in [0.29, 0.717) is 21.9 Å². The van der Waals surface area contributed by atoms with Crippen molar-refractivity contribution >= 4 is 23.1 Å². The topological polar surface area (TPSA) is 59.3 Å². The third kappa shape index (κ3) is 4.12. The lowest BCUT2D eigenvalue weighted by molar-refractivity contribution is -0.129. The molecule has 4 nitrogen and oxygen atoms in total. The Labute approximate surface area is 139 Å². The molecule has 0 radical (unpaired) electrons. The standard InChI is InChI=1S/C18H14ClNO3/c1-12(14-5-3-4-6-15(14)19)9-18(21)23-16-8-7-13(11-20)10-17(16)22-2/h3-10H,1-2H3/b12-9-. The van der Waals surface area contributed by atoms with Crippen molar-refractivity contribution < 1.29 is 14.3 Å². The number of esters is 1. The summed E-state index contributed by atoms with van der Waals surface area (Å²) < 4.78 is 10.4. The summed E-state index contributed by atoms with van der Waals surface area (Å²) >= 11 is 6.10. The molecule has 0 aliphatic carbocycles. The minimum atomic E-state index is -0.551. The van der Waals surface area contributed by atoms with Crippen LogP contribution in [0.4, 0.5) is 0 Å². The highest BCUT2D eigenvalue weighted by atomic mass is 35.5. The van der Waals surface area contributed by atoms with Crippen LogP contribution in [0.1, 0.15) is 18.1 Å². The zero-order valence-electron chi connectivity index (χ0n) is 12.7. The van der Waals surface area contributed by atoms with E-state index in [0.717, 1.165) is 5.56 Å². The molecule has 0 aliphatic heterocycles. The second-order valence-electron chi connectivity index (χ2n) is 4.71. The Balaban J connectivity index is 2.21. The molecular formula is C18H14ClNO3. The van der Waals surface area contributed by atoms with Crippen molar-refractivity contribution in [3.63, 3.8) is 0 Å². The number of nitrogens with zero attached hydrogens (tertiary/aromatic N) is 1. The summed E-state index contributed by atoms with van der Waals surface area (Å²) in [6, 6.07) is 13.8. The van der Waals surface area contributed by atoms with Crippen LogP contribution in [0.2, 0.25) is 5.02 Å². The molecule has 0 amide bonds. The summed E-state index contributed by atoms with van der Waals surface area (Å²) in [4.78, 5) is 12.1. The molecule has 116 valence electrons. The van der Waals surface area contributed by atoms with Crippen LogP contribution in [0.25, 0.3) is 5.57 Å². The molecule has 0 saturated carbocycles. The fraction of sp³-hybridized carbons (Fsp3) is 0.111. The average Bonchev–Trinajstić information content (AvgIpc) is 2.55. The van der Waals surface area contributed by atoms with Crippen molar-refractivity contribution in [1.82, 2.24) is 0 Å². The van der Waals surface area contributed by atoms with Crippen LogP contribution in [-0.4, -0.2) is 13.1 Å². The van der Waals surface area contributed by atoms with E-state index in [-0.39, 0.29) is 5.75 Å². The van der Waals surface area contributed by atoms with E-state index < -0.39 is 5.97 Å². The minimum Gasteiger partial charge on any atom is -0.493 e. The fourth-order valence-electron chi connectivity index (χ4n) is 1.99. The molecule has 5 heteroatoms. The number of nitriles is 1. The third-order valence-electron chi connectivity index (χ3n) is 3.14. The number of rotatable bonds is 4. The van der Waals surface area contributed by atoms with E-state index in [1.165, 1.54) is 25.3 Å². The summed E-state index contributed by atoms with van der Waals surface area (Å²) in [6.07, 6.45) is 1.36. The molecular weight excluding hydrogens is 314 g/mol. The molecule has 2 rings (SSSR count). The van der Waals surface area contributed by atoms with Gasteiger partial charge in [-0.05, 0) is 36.3 Å². The number of hydrogen-bond acceptors (Lipinski definition) is 4. The Morgan fingerprint density at radius 2 is 1.96 bits per heavy atom. The lowest BCUT2D eigenvalue weighted by Crippen LogP contribution is -2.06. The van der Waals surface area contributed by atoms with E-state index in [4.69, 9.17) is 26.3 Å². The summed E-state index contributed by atoms with van der Waals surface area (Å²) in [5.74, 6) is 0.0198. The molecule has 2 aromatic carbocycles. The maximum atomic E-state index is 12.1. The van der Waals surface area contributed by atoms with Gasteiger partial charge >= 0.3 is 5.97 Å². The summed E-state index contributed by atoms with van der Waals surface area (Å²) in [6.45, 7) is 1.78. The second kappa shape index (κ2) is 7.48. The molecule has 0 spiro atoms. The van der Waals surface area contributed by atoms with Crippen LogP contribution < -0.4 is 9.47 Å². The SMILES string of the molecule is COc1cc(C#N)ccc1OC(=O)/C=C(/C)c1ccccc1Cl. The van der Waals surface area contributed by atoms with Crippen molar-refractivity contribution in [2.75, 3.05) is 7.11 Å². The highest BCUT2D eigenvalue weighted by Crippen LogP contribution is 2.28. The summed E-state index contributed by atoms with van der Waals surface area (Å²) in [5, 5.41) is 9.43. The lowest BCUT2D eigenvalue weighted by Gasteiger charge is -2.09. The van der Waals surface area contributed by atoms with Gasteiger partial charge in [0, 0.05) is 17.2 Å². The first-order chi connectivity index (χ1) is 11.0. The van der Waals surface area contributed by atoms with Crippen molar-refractivity contribution in [2.24, 2.45) is 0 Å². The number of benzene rings is 2. The maximum absolute atomic E-state index is 12.1. The number of allylic oxidation sites excluding steroid dienone is 1. The number of halogens is 1. The average molecular weight is 328 g/mol. The van der Waals surface area contributed by atoms with Gasteiger partial charge in [-0.2, -0.15) is 5.26 Å². The van der Waals surface area contributed by atoms with Gasteiger partial charge in [0.1, 0.15) is 0 Å². The smallest absolute Gasteiger partial charge is 0.336 e. The first-order valence-corrected chi connectivity index (χ1v) is 7.16. The molecule has 0 aliphatic rings. The number of carbonyl (C=O) groups excluding carboxylic acids is 1. The van der Waals surface area contributed by atoms with Crippen LogP contribution in [-0.2, 0) is 4.79 Å². The van der Waals surface area contributed by atoms with Gasteiger partial charge < -0.3 is 9.47 Å². The Morgan fingerprint density at radius 3 is 2.61 bits per heavy atom. The number of ether oxygens (including phenoxy) is 2.